The van der Waals surface area contributed by atoms with Gasteiger partial charge >= 0.3 is 5.69 Å². The SMILES string of the molecule is CCCCn1c(N)c(N(C)C(=O)CCc2nc(C(C)(C)C)no2)c(=O)[nH]c1=O. The van der Waals surface area contributed by atoms with Gasteiger partial charge in [-0.15, -0.1) is 0 Å². The van der Waals surface area contributed by atoms with Gasteiger partial charge in [0.2, 0.25) is 11.8 Å². The maximum Gasteiger partial charge on any atom is 0.330 e. The third kappa shape index (κ3) is 4.68. The van der Waals surface area contributed by atoms with Crippen LogP contribution in [0.4, 0.5) is 11.5 Å². The Bertz CT molecular complexity index is 950. The van der Waals surface area contributed by atoms with E-state index in [0.29, 0.717) is 18.3 Å². The van der Waals surface area contributed by atoms with Crippen molar-refractivity contribution in [2.45, 2.75) is 65.3 Å². The minimum atomic E-state index is -0.695. The molecule has 0 unspecified atom stereocenters. The zero-order chi connectivity index (χ0) is 21.1. The molecule has 0 aliphatic heterocycles. The highest BCUT2D eigenvalue weighted by atomic mass is 16.5. The predicted molar refractivity (Wildman–Crippen MR) is 105 cm³/mol. The number of unbranched alkanes of at least 4 members (excludes halogenated alkanes) is 1. The van der Waals surface area contributed by atoms with Crippen LogP contribution in [0.25, 0.3) is 0 Å². The number of aromatic amines is 1. The van der Waals surface area contributed by atoms with Gasteiger partial charge in [-0.2, -0.15) is 4.98 Å². The summed E-state index contributed by atoms with van der Waals surface area (Å²) in [5.41, 5.74) is 4.46. The lowest BCUT2D eigenvalue weighted by molar-refractivity contribution is -0.118. The number of aryl methyl sites for hydroxylation is 1. The fraction of sp³-hybridized carbons (Fsp3) is 0.611. The minimum absolute atomic E-state index is 0.0224. The van der Waals surface area contributed by atoms with E-state index in [1.165, 1.54) is 11.6 Å². The predicted octanol–water partition coefficient (Wildman–Crippen LogP) is 1.20. The lowest BCUT2D eigenvalue weighted by atomic mass is 9.96. The molecule has 2 aromatic rings. The Hall–Kier alpha value is -2.91. The Kier molecular flexibility index (Phi) is 6.42. The average Bonchev–Trinajstić information content (AvgIpc) is 3.08. The molecule has 0 saturated heterocycles. The molecule has 0 radical (unpaired) electrons. The third-order valence-corrected chi connectivity index (χ3v) is 4.35. The van der Waals surface area contributed by atoms with Crippen molar-refractivity contribution in [2.75, 3.05) is 17.7 Å². The number of nitrogen functional groups attached to an aromatic ring is 1. The molecule has 10 nitrogen and oxygen atoms in total. The summed E-state index contributed by atoms with van der Waals surface area (Å²) in [5, 5.41) is 3.92. The first-order valence-corrected chi connectivity index (χ1v) is 9.28. The number of nitrogens with two attached hydrogens (primary N) is 1. The summed E-state index contributed by atoms with van der Waals surface area (Å²) in [6.07, 6.45) is 1.87. The molecule has 2 aromatic heterocycles. The van der Waals surface area contributed by atoms with Crippen molar-refractivity contribution < 1.29 is 9.32 Å². The van der Waals surface area contributed by atoms with E-state index in [1.807, 2.05) is 27.7 Å². The molecule has 154 valence electrons. The number of carbonyl (C=O) groups is 1. The Morgan fingerprint density at radius 3 is 2.57 bits per heavy atom. The van der Waals surface area contributed by atoms with Gasteiger partial charge in [0.05, 0.1) is 0 Å². The molecule has 0 aliphatic carbocycles. The minimum Gasteiger partial charge on any atom is -0.383 e. The fourth-order valence-electron chi connectivity index (χ4n) is 2.61. The number of H-pyrrole nitrogens is 1. The van der Waals surface area contributed by atoms with Crippen LogP contribution in [0.2, 0.25) is 0 Å². The van der Waals surface area contributed by atoms with Crippen LogP contribution < -0.4 is 21.9 Å². The van der Waals surface area contributed by atoms with Crippen LogP contribution in [-0.2, 0) is 23.2 Å². The highest BCUT2D eigenvalue weighted by Crippen LogP contribution is 2.20. The molecule has 3 N–H and O–H groups in total. The number of hydrogen-bond donors (Lipinski definition) is 2. The van der Waals surface area contributed by atoms with Crippen molar-refractivity contribution in [3.05, 3.63) is 32.6 Å². The molecule has 0 aliphatic rings. The lowest BCUT2D eigenvalue weighted by Crippen LogP contribution is -2.39. The molecule has 2 heterocycles. The van der Waals surface area contributed by atoms with E-state index in [1.54, 1.807) is 0 Å². The Morgan fingerprint density at radius 1 is 1.32 bits per heavy atom. The van der Waals surface area contributed by atoms with Crippen molar-refractivity contribution in [1.29, 1.82) is 0 Å². The van der Waals surface area contributed by atoms with Gasteiger partial charge in [0, 0.05) is 31.8 Å². The fourth-order valence-corrected chi connectivity index (χ4v) is 2.61. The Morgan fingerprint density at radius 2 is 2.00 bits per heavy atom. The van der Waals surface area contributed by atoms with Crippen LogP contribution in [0.3, 0.4) is 0 Å². The molecule has 0 saturated carbocycles. The maximum atomic E-state index is 12.6. The van der Waals surface area contributed by atoms with Gasteiger partial charge in [-0.05, 0) is 6.42 Å². The molecule has 0 atom stereocenters. The first-order chi connectivity index (χ1) is 13.1. The monoisotopic (exact) mass is 392 g/mol. The van der Waals surface area contributed by atoms with E-state index >= 15 is 0 Å². The van der Waals surface area contributed by atoms with Gasteiger partial charge in [0.25, 0.3) is 5.56 Å². The van der Waals surface area contributed by atoms with Crippen molar-refractivity contribution in [3.8, 4) is 0 Å². The summed E-state index contributed by atoms with van der Waals surface area (Å²) < 4.78 is 6.46. The average molecular weight is 392 g/mol. The molecular formula is C18H28N6O4. The number of rotatable bonds is 7. The van der Waals surface area contributed by atoms with E-state index in [2.05, 4.69) is 15.1 Å². The van der Waals surface area contributed by atoms with Gasteiger partial charge in [0.15, 0.2) is 11.5 Å². The number of nitrogens with zero attached hydrogens (tertiary/aromatic N) is 4. The van der Waals surface area contributed by atoms with Crippen LogP contribution in [0.1, 0.15) is 58.7 Å². The van der Waals surface area contributed by atoms with E-state index in [4.69, 9.17) is 10.3 Å². The van der Waals surface area contributed by atoms with Gasteiger partial charge in [-0.25, -0.2) is 4.79 Å². The zero-order valence-electron chi connectivity index (χ0n) is 17.0. The summed E-state index contributed by atoms with van der Waals surface area (Å²) in [6.45, 7) is 8.23. The van der Waals surface area contributed by atoms with Crippen LogP contribution in [0.5, 0.6) is 0 Å². The van der Waals surface area contributed by atoms with Crippen LogP contribution in [0.15, 0.2) is 14.1 Å². The number of anilines is 2. The van der Waals surface area contributed by atoms with E-state index in [9.17, 15) is 14.4 Å². The summed E-state index contributed by atoms with van der Waals surface area (Å²) >= 11 is 0. The van der Waals surface area contributed by atoms with Crippen LogP contribution in [-0.4, -0.2) is 32.6 Å². The first kappa shape index (κ1) is 21.4. The van der Waals surface area contributed by atoms with Gasteiger partial charge < -0.3 is 15.2 Å². The summed E-state index contributed by atoms with van der Waals surface area (Å²) in [6, 6.07) is 0. The molecule has 1 amide bonds. The number of carbonyl (C=O) groups excluding carboxylic acids is 1. The standard InChI is InChI=1S/C18H28N6O4/c1-6-7-10-24-14(19)13(15(26)21-17(24)27)23(5)12(25)9-8-11-20-16(22-28-11)18(2,3)4/h6-10,19H2,1-5H3,(H,21,26,27). The summed E-state index contributed by atoms with van der Waals surface area (Å²) in [5.74, 6) is 0.535. The molecule has 0 spiro atoms. The largest absolute Gasteiger partial charge is 0.383 e. The quantitative estimate of drug-likeness (QED) is 0.721. The van der Waals surface area contributed by atoms with Crippen LogP contribution >= 0.6 is 0 Å². The van der Waals surface area contributed by atoms with Gasteiger partial charge in [0.1, 0.15) is 5.82 Å². The summed E-state index contributed by atoms with van der Waals surface area (Å²) in [7, 11) is 1.45. The lowest BCUT2D eigenvalue weighted by Gasteiger charge is -2.20. The van der Waals surface area contributed by atoms with Crippen LogP contribution in [0, 0.1) is 0 Å². The zero-order valence-corrected chi connectivity index (χ0v) is 17.0. The molecule has 0 aromatic carbocycles. The highest BCUT2D eigenvalue weighted by Gasteiger charge is 2.23. The third-order valence-electron chi connectivity index (χ3n) is 4.35. The Labute approximate surface area is 162 Å². The molecule has 0 bridgehead atoms. The first-order valence-electron chi connectivity index (χ1n) is 9.28. The Balaban J connectivity index is 2.18. The number of nitrogens with one attached hydrogen (secondary N) is 1. The molecular weight excluding hydrogens is 364 g/mol. The second-order valence-corrected chi connectivity index (χ2v) is 7.71. The van der Waals surface area contributed by atoms with E-state index in [-0.39, 0.29) is 35.7 Å². The van der Waals surface area contributed by atoms with Crippen molar-refractivity contribution in [3.63, 3.8) is 0 Å². The van der Waals surface area contributed by atoms with Gasteiger partial charge in [-0.1, -0.05) is 39.3 Å². The smallest absolute Gasteiger partial charge is 0.330 e. The molecule has 10 heteroatoms. The van der Waals surface area contributed by atoms with E-state index in [0.717, 1.165) is 17.7 Å². The summed E-state index contributed by atoms with van der Waals surface area (Å²) in [4.78, 5) is 44.5. The number of hydrogen-bond acceptors (Lipinski definition) is 7. The van der Waals surface area contributed by atoms with Crippen molar-refractivity contribution in [1.82, 2.24) is 19.7 Å². The number of amides is 1. The van der Waals surface area contributed by atoms with Crippen molar-refractivity contribution >= 4 is 17.4 Å². The van der Waals surface area contributed by atoms with Crippen molar-refractivity contribution in [2.24, 2.45) is 0 Å². The topological polar surface area (TPSA) is 140 Å². The van der Waals surface area contributed by atoms with E-state index < -0.39 is 11.2 Å². The molecule has 2 rings (SSSR count). The van der Waals surface area contributed by atoms with Gasteiger partial charge in [-0.3, -0.25) is 19.1 Å². The second kappa shape index (κ2) is 8.41. The maximum absolute atomic E-state index is 12.6. The second-order valence-electron chi connectivity index (χ2n) is 7.71. The number of aromatic nitrogens is 4. The molecule has 28 heavy (non-hydrogen) atoms. The normalized spacial score (nSPS) is 11.6. The molecule has 0 fully saturated rings. The highest BCUT2D eigenvalue weighted by molar-refractivity contribution is 5.95.